The molecule has 4 nitrogen and oxygen atoms in total. The highest BCUT2D eigenvalue weighted by Gasteiger charge is 2.26. The minimum absolute atomic E-state index is 0.276. The number of allylic oxidation sites excluding steroid dienone is 2. The molecule has 0 atom stereocenters. The number of hydrogen-bond acceptors (Lipinski definition) is 4. The van der Waals surface area contributed by atoms with Crippen LogP contribution in [0.15, 0.2) is 53.3 Å². The van der Waals surface area contributed by atoms with Gasteiger partial charge in [0.2, 0.25) is 0 Å². The summed E-state index contributed by atoms with van der Waals surface area (Å²) in [5.41, 5.74) is 3.93. The van der Waals surface area contributed by atoms with E-state index in [0.29, 0.717) is 12.2 Å². The number of hydrogen-bond donors (Lipinski definition) is 0. The van der Waals surface area contributed by atoms with Gasteiger partial charge in [0.1, 0.15) is 6.07 Å². The van der Waals surface area contributed by atoms with Crippen molar-refractivity contribution in [3.8, 4) is 6.07 Å². The zero-order valence-electron chi connectivity index (χ0n) is 13.1. The Morgan fingerprint density at radius 3 is 2.87 bits per heavy atom. The summed E-state index contributed by atoms with van der Waals surface area (Å²) in [4.78, 5) is 14.1. The van der Waals surface area contributed by atoms with Crippen LogP contribution in [0.1, 0.15) is 36.0 Å². The highest BCUT2D eigenvalue weighted by Crippen LogP contribution is 2.35. The summed E-state index contributed by atoms with van der Waals surface area (Å²) >= 11 is 0. The Bertz CT molecular complexity index is 683. The highest BCUT2D eigenvalue weighted by molar-refractivity contribution is 5.89. The molecule has 0 aromatic heterocycles. The van der Waals surface area contributed by atoms with Crippen molar-refractivity contribution in [2.45, 2.75) is 25.7 Å². The molecule has 1 aliphatic heterocycles. The minimum Gasteiger partial charge on any atom is -0.462 e. The van der Waals surface area contributed by atoms with Crippen LogP contribution >= 0.6 is 0 Å². The number of carbonyl (C=O) groups is 1. The molecule has 2 aliphatic rings. The summed E-state index contributed by atoms with van der Waals surface area (Å²) in [7, 11) is 0. The molecule has 0 unspecified atom stereocenters. The maximum Gasteiger partial charge on any atom is 0.338 e. The second-order valence-electron chi connectivity index (χ2n) is 5.81. The number of nitrogens with zero attached hydrogens (tertiary/aromatic N) is 2. The van der Waals surface area contributed by atoms with Crippen LogP contribution in [0.25, 0.3) is 0 Å². The first-order valence-electron chi connectivity index (χ1n) is 8.09. The molecule has 0 amide bonds. The predicted molar refractivity (Wildman–Crippen MR) is 87.5 cm³/mol. The van der Waals surface area contributed by atoms with Crippen LogP contribution in [0.3, 0.4) is 0 Å². The zero-order chi connectivity index (χ0) is 16.1. The van der Waals surface area contributed by atoms with E-state index in [9.17, 15) is 10.1 Å². The van der Waals surface area contributed by atoms with Gasteiger partial charge >= 0.3 is 5.97 Å². The van der Waals surface area contributed by atoms with Gasteiger partial charge in [0.05, 0.1) is 23.4 Å². The van der Waals surface area contributed by atoms with E-state index in [0.717, 1.165) is 50.0 Å². The fourth-order valence-electron chi connectivity index (χ4n) is 3.22. The number of ether oxygens (including phenoxy) is 1. The van der Waals surface area contributed by atoms with Gasteiger partial charge in [-0.15, -0.1) is 0 Å². The molecule has 0 saturated heterocycles. The van der Waals surface area contributed by atoms with E-state index in [-0.39, 0.29) is 5.97 Å². The van der Waals surface area contributed by atoms with Crippen molar-refractivity contribution in [2.24, 2.45) is 0 Å². The number of benzene rings is 1. The SMILES string of the molecule is N#CC1=CCCC2=C1N(CCCOC(=O)c1ccccc1)CC2. The van der Waals surface area contributed by atoms with E-state index < -0.39 is 0 Å². The average molecular weight is 308 g/mol. The summed E-state index contributed by atoms with van der Waals surface area (Å²) in [6.45, 7) is 2.19. The first-order chi connectivity index (χ1) is 11.3. The molecule has 0 N–H and O–H groups in total. The summed E-state index contributed by atoms with van der Waals surface area (Å²) in [5, 5.41) is 9.28. The molecule has 1 aromatic carbocycles. The standard InChI is InChI=1S/C19H20N2O2/c20-14-17-9-4-8-15-10-12-21(18(15)17)11-5-13-23-19(22)16-6-2-1-3-7-16/h1-3,6-7,9H,4-5,8,10-13H2. The van der Waals surface area contributed by atoms with Crippen molar-refractivity contribution >= 4 is 5.97 Å². The second kappa shape index (κ2) is 7.15. The Morgan fingerprint density at radius 2 is 2.09 bits per heavy atom. The van der Waals surface area contributed by atoms with Crippen LogP contribution < -0.4 is 0 Å². The molecule has 3 rings (SSSR count). The topological polar surface area (TPSA) is 53.3 Å². The van der Waals surface area contributed by atoms with Crippen LogP contribution in [0.4, 0.5) is 0 Å². The molecule has 1 aromatic rings. The van der Waals surface area contributed by atoms with Crippen molar-refractivity contribution in [1.82, 2.24) is 4.90 Å². The Labute approximate surface area is 136 Å². The van der Waals surface area contributed by atoms with E-state index in [1.165, 1.54) is 5.57 Å². The van der Waals surface area contributed by atoms with E-state index >= 15 is 0 Å². The number of carbonyl (C=O) groups excluding carboxylic acids is 1. The maximum absolute atomic E-state index is 11.9. The Hall–Kier alpha value is -2.54. The molecule has 0 radical (unpaired) electrons. The second-order valence-corrected chi connectivity index (χ2v) is 5.81. The van der Waals surface area contributed by atoms with Crippen LogP contribution in [0.2, 0.25) is 0 Å². The van der Waals surface area contributed by atoms with Crippen LogP contribution in [-0.4, -0.2) is 30.6 Å². The molecular formula is C19H20N2O2. The number of esters is 1. The normalized spacial score (nSPS) is 16.7. The lowest BCUT2D eigenvalue weighted by molar-refractivity contribution is 0.0493. The van der Waals surface area contributed by atoms with Crippen molar-refractivity contribution in [3.05, 3.63) is 58.8 Å². The summed E-state index contributed by atoms with van der Waals surface area (Å²) < 4.78 is 5.32. The fraction of sp³-hybridized carbons (Fsp3) is 0.368. The molecule has 1 heterocycles. The van der Waals surface area contributed by atoms with E-state index in [4.69, 9.17) is 4.74 Å². The predicted octanol–water partition coefficient (Wildman–Crippen LogP) is 3.44. The third-order valence-electron chi connectivity index (χ3n) is 4.32. The Morgan fingerprint density at radius 1 is 1.26 bits per heavy atom. The van der Waals surface area contributed by atoms with Crippen LogP contribution in [0, 0.1) is 11.3 Å². The molecule has 118 valence electrons. The quantitative estimate of drug-likeness (QED) is 0.617. The van der Waals surface area contributed by atoms with Gasteiger partial charge in [-0.2, -0.15) is 5.26 Å². The van der Waals surface area contributed by atoms with Gasteiger partial charge in [0, 0.05) is 13.1 Å². The van der Waals surface area contributed by atoms with Gasteiger partial charge in [-0.1, -0.05) is 24.3 Å². The van der Waals surface area contributed by atoms with Gasteiger partial charge in [0.15, 0.2) is 0 Å². The maximum atomic E-state index is 11.9. The molecule has 4 heteroatoms. The van der Waals surface area contributed by atoms with E-state index in [1.807, 2.05) is 24.3 Å². The third-order valence-corrected chi connectivity index (χ3v) is 4.32. The van der Waals surface area contributed by atoms with E-state index in [1.54, 1.807) is 12.1 Å². The van der Waals surface area contributed by atoms with Gasteiger partial charge < -0.3 is 9.64 Å². The monoisotopic (exact) mass is 308 g/mol. The third kappa shape index (κ3) is 3.45. The zero-order valence-corrected chi connectivity index (χ0v) is 13.1. The lowest BCUT2D eigenvalue weighted by Gasteiger charge is -2.23. The molecule has 0 spiro atoms. The van der Waals surface area contributed by atoms with E-state index in [2.05, 4.69) is 11.0 Å². The smallest absolute Gasteiger partial charge is 0.338 e. The highest BCUT2D eigenvalue weighted by atomic mass is 16.5. The van der Waals surface area contributed by atoms with Gasteiger partial charge in [-0.3, -0.25) is 0 Å². The van der Waals surface area contributed by atoms with Crippen LogP contribution in [-0.2, 0) is 4.74 Å². The first-order valence-corrected chi connectivity index (χ1v) is 8.09. The van der Waals surface area contributed by atoms with Crippen molar-refractivity contribution in [3.63, 3.8) is 0 Å². The van der Waals surface area contributed by atoms with Crippen molar-refractivity contribution < 1.29 is 9.53 Å². The minimum atomic E-state index is -0.276. The molecule has 0 bridgehead atoms. The van der Waals surface area contributed by atoms with Gasteiger partial charge in [-0.05, 0) is 43.4 Å². The average Bonchev–Trinajstić information content (AvgIpc) is 3.02. The van der Waals surface area contributed by atoms with Gasteiger partial charge in [-0.25, -0.2) is 4.79 Å². The Kier molecular flexibility index (Phi) is 4.77. The molecule has 1 aliphatic carbocycles. The first kappa shape index (κ1) is 15.4. The largest absolute Gasteiger partial charge is 0.462 e. The molecular weight excluding hydrogens is 288 g/mol. The molecule has 23 heavy (non-hydrogen) atoms. The van der Waals surface area contributed by atoms with Crippen molar-refractivity contribution in [2.75, 3.05) is 19.7 Å². The fourth-order valence-corrected chi connectivity index (χ4v) is 3.22. The van der Waals surface area contributed by atoms with Gasteiger partial charge in [0.25, 0.3) is 0 Å². The molecule has 0 fully saturated rings. The summed E-state index contributed by atoms with van der Waals surface area (Å²) in [6, 6.07) is 11.4. The number of nitriles is 1. The number of rotatable bonds is 5. The lowest BCUT2D eigenvalue weighted by Crippen LogP contribution is -2.24. The van der Waals surface area contributed by atoms with Crippen molar-refractivity contribution in [1.29, 1.82) is 5.26 Å². The van der Waals surface area contributed by atoms with Crippen LogP contribution in [0.5, 0.6) is 0 Å². The summed E-state index contributed by atoms with van der Waals surface area (Å²) in [5.74, 6) is -0.276. The Balaban J connectivity index is 1.48. The summed E-state index contributed by atoms with van der Waals surface area (Å²) in [6.07, 6.45) is 5.91. The lowest BCUT2D eigenvalue weighted by atomic mass is 9.97. The molecule has 0 saturated carbocycles.